The van der Waals surface area contributed by atoms with Crippen molar-refractivity contribution in [2.24, 2.45) is 0 Å². The molecule has 0 saturated heterocycles. The Hall–Kier alpha value is -7.57. The number of fused-ring (bicyclic) bond motifs is 9. The van der Waals surface area contributed by atoms with E-state index in [1.165, 1.54) is 43.8 Å². The van der Waals surface area contributed by atoms with E-state index in [4.69, 9.17) is 19.5 Å². The highest BCUT2D eigenvalue weighted by Crippen LogP contribution is 2.50. The van der Waals surface area contributed by atoms with Crippen LogP contribution in [0, 0.1) is 0 Å². The van der Waals surface area contributed by atoms with Crippen molar-refractivity contribution in [2.75, 3.05) is 0 Å². The predicted octanol–water partition coefficient (Wildman–Crippen LogP) is 12.4. The average Bonchev–Trinajstić information content (AvgIpc) is 3.92. The maximum atomic E-state index is 6.15. The molecule has 55 heavy (non-hydrogen) atoms. The monoisotopic (exact) mass is 701 g/mol. The molecule has 4 heterocycles. The van der Waals surface area contributed by atoms with Gasteiger partial charge in [-0.3, -0.25) is 0 Å². The van der Waals surface area contributed by atoms with E-state index < -0.39 is 0 Å². The van der Waals surface area contributed by atoms with Crippen LogP contribution >= 0.6 is 0 Å². The van der Waals surface area contributed by atoms with Gasteiger partial charge in [-0.2, -0.15) is 9.50 Å². The zero-order valence-electron chi connectivity index (χ0n) is 29.2. The van der Waals surface area contributed by atoms with E-state index in [-0.39, 0.29) is 0 Å². The van der Waals surface area contributed by atoms with Crippen LogP contribution in [0.25, 0.3) is 122 Å². The molecule has 13 rings (SSSR count). The summed E-state index contributed by atoms with van der Waals surface area (Å²) in [5.41, 5.74) is 13.8. The quantitative estimate of drug-likeness (QED) is 0.184. The third kappa shape index (κ3) is 3.84. The van der Waals surface area contributed by atoms with Crippen LogP contribution in [-0.2, 0) is 0 Å². The molecule has 4 aromatic heterocycles. The lowest BCUT2D eigenvalue weighted by Crippen LogP contribution is -1.99. The summed E-state index contributed by atoms with van der Waals surface area (Å²) in [7, 11) is 0. The van der Waals surface area contributed by atoms with Crippen LogP contribution in [0.5, 0.6) is 0 Å². The Labute approximate surface area is 313 Å². The van der Waals surface area contributed by atoms with Crippen molar-refractivity contribution < 1.29 is 4.42 Å². The van der Waals surface area contributed by atoms with Crippen LogP contribution < -0.4 is 0 Å². The highest BCUT2D eigenvalue weighted by molar-refractivity contribution is 6.30. The summed E-state index contributed by atoms with van der Waals surface area (Å²) in [6.45, 7) is 0. The SMILES string of the molecule is c1ccc2c(c1)-c1cccc3ccc4c(c13)c1c-2cccc1n4-c1ccccc1-c1nc2nc(-c3ccc4oc5ccccc5c4c3)c3ccccc3n2n1. The third-order valence-corrected chi connectivity index (χ3v) is 11.5. The van der Waals surface area contributed by atoms with Gasteiger partial charge in [-0.25, -0.2) is 4.98 Å². The van der Waals surface area contributed by atoms with Crippen LogP contribution in [0.15, 0.2) is 168 Å². The summed E-state index contributed by atoms with van der Waals surface area (Å²) in [6, 6.07) is 58.0. The van der Waals surface area contributed by atoms with Crippen molar-refractivity contribution in [1.29, 1.82) is 0 Å². The maximum Gasteiger partial charge on any atom is 0.253 e. The molecule has 1 aliphatic carbocycles. The molecule has 1 aliphatic rings. The number of nitrogens with zero attached hydrogens (tertiary/aromatic N) is 5. The molecule has 0 spiro atoms. The normalized spacial score (nSPS) is 12.4. The number of hydrogen-bond acceptors (Lipinski definition) is 4. The molecule has 0 N–H and O–H groups in total. The minimum Gasteiger partial charge on any atom is -0.456 e. The maximum absolute atomic E-state index is 6.15. The van der Waals surface area contributed by atoms with Crippen LogP contribution in [-0.4, -0.2) is 24.1 Å². The Balaban J connectivity index is 1.06. The second-order valence-electron chi connectivity index (χ2n) is 14.4. The van der Waals surface area contributed by atoms with Gasteiger partial charge < -0.3 is 8.98 Å². The van der Waals surface area contributed by atoms with Crippen LogP contribution in [0.4, 0.5) is 0 Å². The van der Waals surface area contributed by atoms with Crippen LogP contribution in [0.3, 0.4) is 0 Å². The first-order valence-corrected chi connectivity index (χ1v) is 18.5. The summed E-state index contributed by atoms with van der Waals surface area (Å²) in [4.78, 5) is 10.4. The molecule has 8 aromatic carbocycles. The minimum atomic E-state index is 0.543. The fraction of sp³-hybridized carbons (Fsp3) is 0. The molecule has 6 nitrogen and oxygen atoms in total. The molecule has 0 amide bonds. The van der Waals surface area contributed by atoms with E-state index >= 15 is 0 Å². The molecule has 0 unspecified atom stereocenters. The molecule has 0 saturated carbocycles. The Morgan fingerprint density at radius 2 is 1.11 bits per heavy atom. The highest BCUT2D eigenvalue weighted by Gasteiger charge is 2.26. The molecule has 0 bridgehead atoms. The van der Waals surface area contributed by atoms with Gasteiger partial charge in [-0.15, -0.1) is 5.10 Å². The van der Waals surface area contributed by atoms with Crippen molar-refractivity contribution in [3.05, 3.63) is 164 Å². The fourth-order valence-corrected chi connectivity index (χ4v) is 9.21. The van der Waals surface area contributed by atoms with Gasteiger partial charge in [0, 0.05) is 38.1 Å². The first kappa shape index (κ1) is 28.9. The van der Waals surface area contributed by atoms with E-state index in [0.717, 1.165) is 66.4 Å². The van der Waals surface area contributed by atoms with Crippen molar-refractivity contribution in [1.82, 2.24) is 24.1 Å². The molecule has 254 valence electrons. The van der Waals surface area contributed by atoms with Crippen molar-refractivity contribution >= 4 is 71.2 Å². The second kappa shape index (κ2) is 10.5. The average molecular weight is 702 g/mol. The Kier molecular flexibility index (Phi) is 5.54. The molecule has 6 heteroatoms. The Bertz CT molecular complexity index is 3620. The molecular formula is C49H27N5O. The minimum absolute atomic E-state index is 0.543. The van der Waals surface area contributed by atoms with Crippen LogP contribution in [0.1, 0.15) is 0 Å². The first-order valence-electron chi connectivity index (χ1n) is 18.5. The zero-order valence-corrected chi connectivity index (χ0v) is 29.2. The zero-order chi connectivity index (χ0) is 35.8. The van der Waals surface area contributed by atoms with Crippen molar-refractivity contribution in [3.63, 3.8) is 0 Å². The Morgan fingerprint density at radius 3 is 2.00 bits per heavy atom. The summed E-state index contributed by atoms with van der Waals surface area (Å²) in [5, 5.41) is 13.4. The lowest BCUT2D eigenvalue weighted by molar-refractivity contribution is 0.669. The lowest BCUT2D eigenvalue weighted by atomic mass is 9.93. The van der Waals surface area contributed by atoms with E-state index in [1.807, 2.05) is 34.8 Å². The smallest absolute Gasteiger partial charge is 0.253 e. The predicted molar refractivity (Wildman–Crippen MR) is 223 cm³/mol. The van der Waals surface area contributed by atoms with Gasteiger partial charge in [0.1, 0.15) is 11.2 Å². The molecule has 12 aromatic rings. The van der Waals surface area contributed by atoms with Crippen molar-refractivity contribution in [2.45, 2.75) is 0 Å². The summed E-state index contributed by atoms with van der Waals surface area (Å²) >= 11 is 0. The fourth-order valence-electron chi connectivity index (χ4n) is 9.21. The number of furan rings is 1. The van der Waals surface area contributed by atoms with Gasteiger partial charge in [0.25, 0.3) is 5.78 Å². The van der Waals surface area contributed by atoms with E-state index in [9.17, 15) is 0 Å². The molecule has 0 radical (unpaired) electrons. The summed E-state index contributed by atoms with van der Waals surface area (Å²) in [5.74, 6) is 1.16. The summed E-state index contributed by atoms with van der Waals surface area (Å²) in [6.07, 6.45) is 0. The van der Waals surface area contributed by atoms with Crippen LogP contribution in [0.2, 0.25) is 0 Å². The lowest BCUT2D eigenvalue weighted by Gasteiger charge is -2.15. The van der Waals surface area contributed by atoms with Gasteiger partial charge in [-0.1, -0.05) is 109 Å². The second-order valence-corrected chi connectivity index (χ2v) is 14.4. The van der Waals surface area contributed by atoms with Gasteiger partial charge in [0.2, 0.25) is 0 Å². The number of hydrogen-bond donors (Lipinski definition) is 0. The standard InChI is InChI=1S/C49H27N5O/c1-2-13-31-30(12-1)33-17-9-11-28-23-25-41-46(44(28)33)45-34(31)18-10-21-40(45)53(41)38-19-6-4-16-36(38)48-51-49-50-47(35-15-3-7-20-39(35)54(49)52-48)29-24-26-43-37(27-29)32-14-5-8-22-42(32)55-43/h1-27H. The van der Waals surface area contributed by atoms with E-state index in [2.05, 4.69) is 138 Å². The summed E-state index contributed by atoms with van der Waals surface area (Å²) < 4.78 is 10.4. The molecular weight excluding hydrogens is 675 g/mol. The van der Waals surface area contributed by atoms with Gasteiger partial charge in [0.15, 0.2) is 5.82 Å². The van der Waals surface area contributed by atoms with E-state index in [1.54, 1.807) is 0 Å². The van der Waals surface area contributed by atoms with Gasteiger partial charge >= 0.3 is 0 Å². The first-order chi connectivity index (χ1) is 27.3. The molecule has 0 atom stereocenters. The van der Waals surface area contributed by atoms with Gasteiger partial charge in [0.05, 0.1) is 27.9 Å². The highest BCUT2D eigenvalue weighted by atomic mass is 16.3. The molecule has 0 fully saturated rings. The van der Waals surface area contributed by atoms with Crippen molar-refractivity contribution in [3.8, 4) is 50.6 Å². The van der Waals surface area contributed by atoms with E-state index in [0.29, 0.717) is 11.6 Å². The number of rotatable bonds is 3. The molecule has 0 aliphatic heterocycles. The third-order valence-electron chi connectivity index (χ3n) is 11.5. The number of para-hydroxylation sites is 3. The number of aromatic nitrogens is 5. The largest absolute Gasteiger partial charge is 0.456 e. The number of benzene rings is 8. The van der Waals surface area contributed by atoms with Gasteiger partial charge in [-0.05, 0) is 87.6 Å². The Morgan fingerprint density at radius 1 is 0.436 bits per heavy atom. The topological polar surface area (TPSA) is 61.2 Å².